The molecule has 3 rings (SSSR count). The molecule has 138 valence electrons. The average Bonchev–Trinajstić information content (AvgIpc) is 2.71. The Bertz CT molecular complexity index is 705. The van der Waals surface area contributed by atoms with Gasteiger partial charge in [0, 0.05) is 38.2 Å². The topological polar surface area (TPSA) is 50.8 Å². The summed E-state index contributed by atoms with van der Waals surface area (Å²) in [6.45, 7) is 3.61. The summed E-state index contributed by atoms with van der Waals surface area (Å²) >= 11 is 0. The Morgan fingerprint density at radius 3 is 2.77 bits per heavy atom. The molecular weight excluding hydrogens is 328 g/mol. The standard InChI is InChI=1S/C21H26N2O3/c1-25-19-10-6-5-9-18(19)15-22-21(24)11-12-23-13-14-26-20(16-23)17-7-3-2-4-8-17/h2-10,20H,11-16H2,1H3,(H,22,24)/t20-/m0/s1. The van der Waals surface area contributed by atoms with Crippen molar-refractivity contribution in [2.45, 2.75) is 19.1 Å². The van der Waals surface area contributed by atoms with Crippen LogP contribution in [0.4, 0.5) is 0 Å². The fourth-order valence-electron chi connectivity index (χ4n) is 3.17. The van der Waals surface area contributed by atoms with Gasteiger partial charge in [0.2, 0.25) is 5.91 Å². The number of methoxy groups -OCH3 is 1. The molecule has 5 nitrogen and oxygen atoms in total. The fraction of sp³-hybridized carbons (Fsp3) is 0.381. The molecule has 0 aromatic heterocycles. The second-order valence-corrected chi connectivity index (χ2v) is 6.41. The van der Waals surface area contributed by atoms with Gasteiger partial charge in [0.15, 0.2) is 0 Å². The third-order valence-electron chi connectivity index (χ3n) is 4.65. The van der Waals surface area contributed by atoms with Gasteiger partial charge in [-0.25, -0.2) is 0 Å². The second kappa shape index (κ2) is 9.36. The van der Waals surface area contributed by atoms with E-state index in [1.807, 2.05) is 42.5 Å². The maximum absolute atomic E-state index is 12.2. The zero-order chi connectivity index (χ0) is 18.2. The molecule has 5 heteroatoms. The van der Waals surface area contributed by atoms with Crippen LogP contribution in [0.2, 0.25) is 0 Å². The molecule has 0 bridgehead atoms. The third-order valence-corrected chi connectivity index (χ3v) is 4.65. The van der Waals surface area contributed by atoms with Crippen molar-refractivity contribution >= 4 is 5.91 Å². The summed E-state index contributed by atoms with van der Waals surface area (Å²) in [6.07, 6.45) is 0.568. The van der Waals surface area contributed by atoms with E-state index in [-0.39, 0.29) is 12.0 Å². The molecule has 2 aromatic rings. The molecule has 0 aliphatic carbocycles. The van der Waals surface area contributed by atoms with E-state index in [4.69, 9.17) is 9.47 Å². The molecule has 26 heavy (non-hydrogen) atoms. The SMILES string of the molecule is COc1ccccc1CNC(=O)CCN1CCO[C@H](c2ccccc2)C1. The minimum atomic E-state index is 0.0543. The van der Waals surface area contributed by atoms with Crippen LogP contribution in [0.1, 0.15) is 23.7 Å². The number of ether oxygens (including phenoxy) is 2. The van der Waals surface area contributed by atoms with Gasteiger partial charge in [0.25, 0.3) is 0 Å². The maximum atomic E-state index is 12.2. The Kier molecular flexibility index (Phi) is 6.63. The molecule has 0 unspecified atom stereocenters. The van der Waals surface area contributed by atoms with E-state index >= 15 is 0 Å². The zero-order valence-electron chi connectivity index (χ0n) is 15.2. The van der Waals surface area contributed by atoms with Gasteiger partial charge in [-0.15, -0.1) is 0 Å². The Balaban J connectivity index is 1.44. The van der Waals surface area contributed by atoms with E-state index in [9.17, 15) is 4.79 Å². The van der Waals surface area contributed by atoms with Crippen LogP contribution in [0.5, 0.6) is 5.75 Å². The number of benzene rings is 2. The maximum Gasteiger partial charge on any atom is 0.221 e. The number of rotatable bonds is 7. The Hall–Kier alpha value is -2.37. The first-order valence-electron chi connectivity index (χ1n) is 9.04. The van der Waals surface area contributed by atoms with Crippen LogP contribution in [0, 0.1) is 0 Å². The number of amides is 1. The molecule has 0 saturated carbocycles. The number of nitrogens with zero attached hydrogens (tertiary/aromatic N) is 1. The number of hydrogen-bond donors (Lipinski definition) is 1. The molecule has 1 atom stereocenters. The molecular formula is C21H26N2O3. The van der Waals surface area contributed by atoms with Crippen LogP contribution in [0.15, 0.2) is 54.6 Å². The lowest BCUT2D eigenvalue weighted by atomic mass is 10.1. The first kappa shape index (κ1) is 18.4. The van der Waals surface area contributed by atoms with Crippen molar-refractivity contribution in [2.24, 2.45) is 0 Å². The monoisotopic (exact) mass is 354 g/mol. The molecule has 1 amide bonds. The van der Waals surface area contributed by atoms with Crippen molar-refractivity contribution in [1.82, 2.24) is 10.2 Å². The zero-order valence-corrected chi connectivity index (χ0v) is 15.2. The molecule has 0 radical (unpaired) electrons. The van der Waals surface area contributed by atoms with Crippen LogP contribution >= 0.6 is 0 Å². The summed E-state index contributed by atoms with van der Waals surface area (Å²) in [7, 11) is 1.64. The Labute approximate surface area is 154 Å². The smallest absolute Gasteiger partial charge is 0.221 e. The molecule has 1 aliphatic rings. The number of carbonyl (C=O) groups is 1. The summed E-state index contributed by atoms with van der Waals surface area (Å²) < 4.78 is 11.2. The van der Waals surface area contributed by atoms with E-state index in [2.05, 4.69) is 22.3 Å². The first-order chi connectivity index (χ1) is 12.8. The van der Waals surface area contributed by atoms with E-state index in [1.54, 1.807) is 7.11 Å². The number of morpholine rings is 1. The highest BCUT2D eigenvalue weighted by atomic mass is 16.5. The lowest BCUT2D eigenvalue weighted by Crippen LogP contribution is -2.40. The number of carbonyl (C=O) groups excluding carboxylic acids is 1. The minimum absolute atomic E-state index is 0.0543. The largest absolute Gasteiger partial charge is 0.496 e. The van der Waals surface area contributed by atoms with E-state index in [1.165, 1.54) is 5.56 Å². The van der Waals surface area contributed by atoms with Crippen molar-refractivity contribution < 1.29 is 14.3 Å². The van der Waals surface area contributed by atoms with E-state index in [0.717, 1.165) is 30.9 Å². The highest BCUT2D eigenvalue weighted by molar-refractivity contribution is 5.76. The van der Waals surface area contributed by atoms with Crippen LogP contribution in [0.25, 0.3) is 0 Å². The highest BCUT2D eigenvalue weighted by Crippen LogP contribution is 2.22. The fourth-order valence-corrected chi connectivity index (χ4v) is 3.17. The predicted octanol–water partition coefficient (Wildman–Crippen LogP) is 2.78. The molecule has 0 spiro atoms. The van der Waals surface area contributed by atoms with Crippen molar-refractivity contribution in [1.29, 1.82) is 0 Å². The molecule has 1 heterocycles. The molecule has 2 aromatic carbocycles. The number of para-hydroxylation sites is 1. The van der Waals surface area contributed by atoms with Gasteiger partial charge in [-0.1, -0.05) is 48.5 Å². The average molecular weight is 354 g/mol. The summed E-state index contributed by atoms with van der Waals surface area (Å²) in [4.78, 5) is 14.5. The van der Waals surface area contributed by atoms with E-state index in [0.29, 0.717) is 19.6 Å². The lowest BCUT2D eigenvalue weighted by Gasteiger charge is -2.33. The van der Waals surface area contributed by atoms with Gasteiger partial charge in [0.05, 0.1) is 19.8 Å². The predicted molar refractivity (Wildman–Crippen MR) is 101 cm³/mol. The third kappa shape index (κ3) is 5.07. The molecule has 1 saturated heterocycles. The first-order valence-corrected chi connectivity index (χ1v) is 9.04. The summed E-state index contributed by atoms with van der Waals surface area (Å²) in [5.41, 5.74) is 2.18. The summed E-state index contributed by atoms with van der Waals surface area (Å²) in [5, 5.41) is 2.98. The van der Waals surface area contributed by atoms with Gasteiger partial charge in [-0.2, -0.15) is 0 Å². The highest BCUT2D eigenvalue weighted by Gasteiger charge is 2.22. The van der Waals surface area contributed by atoms with Crippen molar-refractivity contribution in [3.63, 3.8) is 0 Å². The van der Waals surface area contributed by atoms with Crippen LogP contribution in [-0.2, 0) is 16.1 Å². The lowest BCUT2D eigenvalue weighted by molar-refractivity contribution is -0.122. The minimum Gasteiger partial charge on any atom is -0.496 e. The van der Waals surface area contributed by atoms with Crippen molar-refractivity contribution in [2.75, 3.05) is 33.4 Å². The van der Waals surface area contributed by atoms with E-state index < -0.39 is 0 Å². The van der Waals surface area contributed by atoms with Crippen LogP contribution in [0.3, 0.4) is 0 Å². The van der Waals surface area contributed by atoms with Gasteiger partial charge >= 0.3 is 0 Å². The van der Waals surface area contributed by atoms with Crippen LogP contribution in [-0.4, -0.2) is 44.2 Å². The molecule has 1 aliphatic heterocycles. The molecule has 1 fully saturated rings. The van der Waals surface area contributed by atoms with Gasteiger partial charge in [-0.3, -0.25) is 9.69 Å². The summed E-state index contributed by atoms with van der Waals surface area (Å²) in [6, 6.07) is 18.0. The van der Waals surface area contributed by atoms with Gasteiger partial charge < -0.3 is 14.8 Å². The number of hydrogen-bond acceptors (Lipinski definition) is 4. The van der Waals surface area contributed by atoms with Crippen molar-refractivity contribution in [3.05, 3.63) is 65.7 Å². The van der Waals surface area contributed by atoms with Crippen molar-refractivity contribution in [3.8, 4) is 5.75 Å². The Morgan fingerprint density at radius 2 is 1.96 bits per heavy atom. The summed E-state index contributed by atoms with van der Waals surface area (Å²) in [5.74, 6) is 0.852. The van der Waals surface area contributed by atoms with Crippen LogP contribution < -0.4 is 10.1 Å². The second-order valence-electron chi connectivity index (χ2n) is 6.41. The molecule has 1 N–H and O–H groups in total. The Morgan fingerprint density at radius 1 is 1.19 bits per heavy atom. The normalized spacial score (nSPS) is 17.7. The van der Waals surface area contributed by atoms with Gasteiger partial charge in [-0.05, 0) is 11.6 Å². The van der Waals surface area contributed by atoms with Gasteiger partial charge in [0.1, 0.15) is 5.75 Å². The quantitative estimate of drug-likeness (QED) is 0.831. The number of nitrogens with one attached hydrogen (secondary N) is 1.